The molecule has 3 aromatic rings. The maximum absolute atomic E-state index is 13.8. The van der Waals surface area contributed by atoms with E-state index in [4.69, 9.17) is 25.1 Å². The highest BCUT2D eigenvalue weighted by atomic mass is 16.7. The zero-order chi connectivity index (χ0) is 36.8. The van der Waals surface area contributed by atoms with Crippen LogP contribution in [0.4, 0.5) is 17.1 Å². The van der Waals surface area contributed by atoms with Crippen LogP contribution in [0.25, 0.3) is 33.4 Å². The van der Waals surface area contributed by atoms with Gasteiger partial charge in [0.25, 0.3) is 17.7 Å². The minimum atomic E-state index is -0.785. The first kappa shape index (κ1) is 35.1. The number of hydrogen-bond acceptors (Lipinski definition) is 12. The monoisotopic (exact) mass is 703 g/mol. The summed E-state index contributed by atoms with van der Waals surface area (Å²) in [7, 11) is 1.50. The van der Waals surface area contributed by atoms with Crippen molar-refractivity contribution in [1.82, 2.24) is 10.1 Å². The number of hydroxylamine groups is 2. The summed E-state index contributed by atoms with van der Waals surface area (Å²) >= 11 is 0. The van der Waals surface area contributed by atoms with E-state index in [2.05, 4.69) is 15.7 Å². The number of benzene rings is 4. The van der Waals surface area contributed by atoms with E-state index in [9.17, 15) is 24.0 Å². The van der Waals surface area contributed by atoms with E-state index in [-0.39, 0.29) is 50.2 Å². The highest BCUT2D eigenvalue weighted by Gasteiger charge is 2.32. The number of rotatable bonds is 12. The van der Waals surface area contributed by atoms with Crippen molar-refractivity contribution in [2.75, 3.05) is 31.3 Å². The third kappa shape index (κ3) is 8.00. The Labute approximate surface area is 296 Å². The molecule has 3 aliphatic rings. The van der Waals surface area contributed by atoms with Gasteiger partial charge in [-0.15, -0.1) is 10.2 Å². The summed E-state index contributed by atoms with van der Waals surface area (Å²) in [5.74, 6) is -2.16. The smallest absolute Gasteiger partial charge is 0.335 e. The number of fused-ring (bicyclic) bond motifs is 2. The van der Waals surface area contributed by atoms with Gasteiger partial charge in [0.1, 0.15) is 11.3 Å². The Morgan fingerprint density at radius 2 is 1.65 bits per heavy atom. The minimum absolute atomic E-state index is 0.00909. The SMILES string of the molecule is CN(N=Nc1ccc(NC(=O)CCOCCC(=O)ON2C(=O)CCC2=O)cc1)C(=O)c1ccccc1-c1c2ccc(=N)cc-2oc2cc(N)ccc12. The number of nitrogens with zero attached hydrogens (tertiary/aromatic N) is 4. The first-order valence-electron chi connectivity index (χ1n) is 16.2. The Morgan fingerprint density at radius 3 is 2.42 bits per heavy atom. The van der Waals surface area contributed by atoms with E-state index < -0.39 is 23.7 Å². The molecule has 0 bridgehead atoms. The standard InChI is InChI=1S/C37H33N7O8/c1-43(37(49)27-5-3-2-4-26(27)36-28-12-6-22(38)20-30(28)51-31-21-23(39)7-13-29(31)36)42-41-25-10-8-24(9-11-25)40-32(45)16-18-50-19-17-35(48)52-44-33(46)14-15-34(44)47/h2-13,20-21,38H,14-19,39H2,1H3,(H,40,45). The van der Waals surface area contributed by atoms with Gasteiger partial charge in [0.15, 0.2) is 0 Å². The number of anilines is 2. The van der Waals surface area contributed by atoms with Crippen molar-refractivity contribution < 1.29 is 38.0 Å². The Balaban J connectivity index is 1.05. The number of carbonyl (C=O) groups excluding carboxylic acids is 5. The summed E-state index contributed by atoms with van der Waals surface area (Å²) in [5.41, 5.74) is 10.5. The lowest BCUT2D eigenvalue weighted by atomic mass is 9.90. The average molecular weight is 704 g/mol. The van der Waals surface area contributed by atoms with Gasteiger partial charge in [-0.05, 0) is 60.2 Å². The zero-order valence-corrected chi connectivity index (χ0v) is 28.0. The zero-order valence-electron chi connectivity index (χ0n) is 28.0. The van der Waals surface area contributed by atoms with Crippen molar-refractivity contribution in [1.29, 1.82) is 5.41 Å². The van der Waals surface area contributed by atoms with Gasteiger partial charge in [-0.25, -0.2) is 9.80 Å². The Hall–Kier alpha value is -6.74. The van der Waals surface area contributed by atoms with Crippen LogP contribution in [-0.2, 0) is 28.8 Å². The molecule has 1 saturated heterocycles. The second-order valence-corrected chi connectivity index (χ2v) is 11.8. The third-order valence-corrected chi connectivity index (χ3v) is 8.03. The molecule has 0 unspecified atom stereocenters. The number of imide groups is 1. The molecule has 0 atom stereocenters. The van der Waals surface area contributed by atoms with E-state index in [1.807, 2.05) is 18.2 Å². The predicted molar refractivity (Wildman–Crippen MR) is 187 cm³/mol. The molecule has 3 aromatic carbocycles. The molecule has 15 heteroatoms. The highest BCUT2D eigenvalue weighted by molar-refractivity contribution is 6.09. The molecule has 4 amide bonds. The molecule has 52 heavy (non-hydrogen) atoms. The predicted octanol–water partition coefficient (Wildman–Crippen LogP) is 5.38. The summed E-state index contributed by atoms with van der Waals surface area (Å²) in [5, 5.41) is 21.8. The molecule has 2 aliphatic heterocycles. The number of nitrogens with one attached hydrogen (secondary N) is 2. The molecule has 0 saturated carbocycles. The number of nitrogens with two attached hydrogens (primary N) is 1. The lowest BCUT2D eigenvalue weighted by Crippen LogP contribution is -2.32. The van der Waals surface area contributed by atoms with E-state index in [0.29, 0.717) is 44.6 Å². The molecule has 4 N–H and O–H groups in total. The van der Waals surface area contributed by atoms with Crippen molar-refractivity contribution in [2.45, 2.75) is 25.7 Å². The molecule has 1 fully saturated rings. The first-order valence-corrected chi connectivity index (χ1v) is 16.2. The molecule has 6 rings (SSSR count). The van der Waals surface area contributed by atoms with E-state index >= 15 is 0 Å². The van der Waals surface area contributed by atoms with Gasteiger partial charge in [0.2, 0.25) is 5.91 Å². The van der Waals surface area contributed by atoms with E-state index in [1.54, 1.807) is 66.7 Å². The van der Waals surface area contributed by atoms with Crippen LogP contribution in [0.2, 0.25) is 0 Å². The Morgan fingerprint density at radius 1 is 0.923 bits per heavy atom. The highest BCUT2D eigenvalue weighted by Crippen LogP contribution is 2.41. The topological polar surface area (TPSA) is 210 Å². The van der Waals surface area contributed by atoms with Crippen LogP contribution in [0.1, 0.15) is 36.0 Å². The molecule has 0 aromatic heterocycles. The average Bonchev–Trinajstić information content (AvgIpc) is 3.45. The summed E-state index contributed by atoms with van der Waals surface area (Å²) in [4.78, 5) is 65.7. The van der Waals surface area contributed by atoms with Gasteiger partial charge >= 0.3 is 5.97 Å². The van der Waals surface area contributed by atoms with Gasteiger partial charge in [0, 0.05) is 65.5 Å². The quantitative estimate of drug-likeness (QED) is 0.0380. The van der Waals surface area contributed by atoms with Crippen molar-refractivity contribution >= 4 is 57.6 Å². The molecule has 0 radical (unpaired) electrons. The van der Waals surface area contributed by atoms with Crippen LogP contribution < -0.4 is 16.4 Å². The minimum Gasteiger partial charge on any atom is -0.456 e. The molecule has 0 spiro atoms. The van der Waals surface area contributed by atoms with Gasteiger partial charge < -0.3 is 30.5 Å². The molecule has 1 aliphatic carbocycles. The van der Waals surface area contributed by atoms with Crippen molar-refractivity contribution in [3.8, 4) is 22.5 Å². The molecule has 264 valence electrons. The number of hydrogen-bond donors (Lipinski definition) is 3. The maximum atomic E-state index is 13.8. The fraction of sp³-hybridized carbons (Fsp3) is 0.189. The lowest BCUT2D eigenvalue weighted by molar-refractivity contribution is -0.198. The van der Waals surface area contributed by atoms with Crippen LogP contribution in [0.15, 0.2) is 99.7 Å². The number of carbonyl (C=O) groups is 5. The van der Waals surface area contributed by atoms with Gasteiger partial charge in [-0.3, -0.25) is 19.2 Å². The number of amides is 4. The van der Waals surface area contributed by atoms with Gasteiger partial charge in [-0.1, -0.05) is 23.4 Å². The molecular formula is C37H33N7O8. The van der Waals surface area contributed by atoms with Crippen LogP contribution >= 0.6 is 0 Å². The fourth-order valence-corrected chi connectivity index (χ4v) is 5.48. The fourth-order valence-electron chi connectivity index (χ4n) is 5.48. The second-order valence-electron chi connectivity index (χ2n) is 11.8. The van der Waals surface area contributed by atoms with E-state index in [1.165, 1.54) is 7.05 Å². The van der Waals surface area contributed by atoms with Crippen LogP contribution in [0.5, 0.6) is 0 Å². The van der Waals surface area contributed by atoms with Crippen LogP contribution in [0.3, 0.4) is 0 Å². The number of ether oxygens (including phenoxy) is 1. The van der Waals surface area contributed by atoms with E-state index in [0.717, 1.165) is 21.5 Å². The largest absolute Gasteiger partial charge is 0.456 e. The number of nitrogen functional groups attached to an aromatic ring is 1. The maximum Gasteiger partial charge on any atom is 0.335 e. The second kappa shape index (κ2) is 15.4. The van der Waals surface area contributed by atoms with Crippen molar-refractivity contribution in [3.63, 3.8) is 0 Å². The van der Waals surface area contributed by atoms with Gasteiger partial charge in [0.05, 0.1) is 37.1 Å². The summed E-state index contributed by atoms with van der Waals surface area (Å²) in [6, 6.07) is 24.1. The summed E-state index contributed by atoms with van der Waals surface area (Å²) in [6.45, 7) is -0.0207. The van der Waals surface area contributed by atoms with Crippen molar-refractivity contribution in [3.05, 3.63) is 95.8 Å². The van der Waals surface area contributed by atoms with Crippen molar-refractivity contribution in [2.24, 2.45) is 10.3 Å². The molecule has 15 nitrogen and oxygen atoms in total. The third-order valence-electron chi connectivity index (χ3n) is 8.03. The van der Waals surface area contributed by atoms with Crippen LogP contribution in [0, 0.1) is 5.41 Å². The molecular weight excluding hydrogens is 670 g/mol. The van der Waals surface area contributed by atoms with Gasteiger partial charge in [-0.2, -0.15) is 0 Å². The Bertz CT molecular complexity index is 2230. The van der Waals surface area contributed by atoms with Crippen LogP contribution in [-0.4, -0.2) is 59.9 Å². The Kier molecular flexibility index (Phi) is 10.4. The normalized spacial score (nSPS) is 12.9. The summed E-state index contributed by atoms with van der Waals surface area (Å²) in [6.07, 6.45) is -0.162. The lowest BCUT2D eigenvalue weighted by Gasteiger charge is -2.19. The first-order chi connectivity index (χ1) is 25.1. The summed E-state index contributed by atoms with van der Waals surface area (Å²) < 4.78 is 11.4. The molecule has 2 heterocycles.